The second-order valence-corrected chi connectivity index (χ2v) is 3.54. The fourth-order valence-corrected chi connectivity index (χ4v) is 1.10. The average Bonchev–Trinajstić information content (AvgIpc) is 2.14. The molecule has 0 saturated heterocycles. The summed E-state index contributed by atoms with van der Waals surface area (Å²) in [6, 6.07) is 0. The van der Waals surface area contributed by atoms with Crippen molar-refractivity contribution in [3.8, 4) is 0 Å². The molecule has 0 spiro atoms. The summed E-state index contributed by atoms with van der Waals surface area (Å²) in [5, 5.41) is 34.8. The van der Waals surface area contributed by atoms with Crippen LogP contribution in [0.25, 0.3) is 0 Å². The summed E-state index contributed by atoms with van der Waals surface area (Å²) < 4.78 is 4.33. The zero-order valence-electron chi connectivity index (χ0n) is 14.7. The van der Waals surface area contributed by atoms with Crippen molar-refractivity contribution in [1.29, 1.82) is 0 Å². The summed E-state index contributed by atoms with van der Waals surface area (Å²) >= 11 is 0. The maximum Gasteiger partial charge on any atom is 2.00 e. The standard InChI is InChI=1S/C9H12O9.2Ca.4H/c1-4(10)7(15)18-9(8(16)17,2-5(11)12)3-6(13)14;;;;;;/h4,10H,2-3H2,1H3,(H,11,12)(H,13,14)(H,16,17);;;;;;/q;2*+2;4*-1. The maximum absolute atomic E-state index is 11.1. The second-order valence-electron chi connectivity index (χ2n) is 3.54. The van der Waals surface area contributed by atoms with Crippen molar-refractivity contribution in [3.05, 3.63) is 0 Å². The van der Waals surface area contributed by atoms with Gasteiger partial charge in [-0.15, -0.1) is 0 Å². The van der Waals surface area contributed by atoms with Crippen molar-refractivity contribution >= 4 is 99.4 Å². The molecule has 110 valence electrons. The Labute approximate surface area is 179 Å². The first kappa shape index (κ1) is 25.3. The van der Waals surface area contributed by atoms with Gasteiger partial charge in [0.1, 0.15) is 6.10 Å². The van der Waals surface area contributed by atoms with E-state index in [9.17, 15) is 19.2 Å². The van der Waals surface area contributed by atoms with Gasteiger partial charge in [0, 0.05) is 0 Å². The monoisotopic (exact) mass is 348 g/mol. The molecule has 1 unspecified atom stereocenters. The van der Waals surface area contributed by atoms with Crippen molar-refractivity contribution in [2.75, 3.05) is 0 Å². The molecule has 0 aliphatic heterocycles. The van der Waals surface area contributed by atoms with Crippen molar-refractivity contribution < 1.29 is 50.0 Å². The Balaban J connectivity index is -0.0000000963. The zero-order chi connectivity index (χ0) is 14.5. The number of carbonyl (C=O) groups is 4. The van der Waals surface area contributed by atoms with Crippen molar-refractivity contribution in [1.82, 2.24) is 0 Å². The molecular formula is C9H16Ca2O9. The number of aliphatic hydroxyl groups is 1. The first-order chi connectivity index (χ1) is 8.10. The molecule has 1 atom stereocenters. The summed E-state index contributed by atoms with van der Waals surface area (Å²) in [7, 11) is 0. The third kappa shape index (κ3) is 8.60. The van der Waals surface area contributed by atoms with Gasteiger partial charge in [0.25, 0.3) is 0 Å². The van der Waals surface area contributed by atoms with Crippen LogP contribution in [-0.2, 0) is 23.9 Å². The van der Waals surface area contributed by atoms with Gasteiger partial charge in [-0.05, 0) is 6.92 Å². The fraction of sp³-hybridized carbons (Fsp3) is 0.556. The SMILES string of the molecule is CC(O)C(=O)OC(CC(=O)O)(CC(=O)O)C(=O)O.[Ca+2].[Ca+2].[H-].[H-].[H-].[H-]. The molecule has 0 aromatic carbocycles. The summed E-state index contributed by atoms with van der Waals surface area (Å²) in [6.07, 6.45) is -4.16. The van der Waals surface area contributed by atoms with Crippen LogP contribution < -0.4 is 0 Å². The third-order valence-corrected chi connectivity index (χ3v) is 1.90. The molecular weight excluding hydrogens is 332 g/mol. The summed E-state index contributed by atoms with van der Waals surface area (Å²) in [5.41, 5.74) is -2.74. The summed E-state index contributed by atoms with van der Waals surface area (Å²) in [4.78, 5) is 43.2. The molecule has 11 heteroatoms. The van der Waals surface area contributed by atoms with Crippen LogP contribution in [-0.4, -0.2) is 131 Å². The molecule has 0 aromatic rings. The number of aliphatic carboxylic acids is 3. The van der Waals surface area contributed by atoms with E-state index >= 15 is 0 Å². The molecule has 4 N–H and O–H groups in total. The molecule has 0 heterocycles. The maximum atomic E-state index is 11.1. The molecule has 0 aromatic heterocycles. The Hall–Kier alpha value is 0.359. The zero-order valence-corrected chi connectivity index (χ0v) is 15.2. The van der Waals surface area contributed by atoms with Crippen molar-refractivity contribution in [2.24, 2.45) is 0 Å². The number of carboxylic acid groups (broad SMARTS) is 3. The summed E-state index contributed by atoms with van der Waals surface area (Å²) in [5.74, 6) is -6.64. The Kier molecular flexibility index (Phi) is 13.9. The van der Waals surface area contributed by atoms with E-state index in [0.29, 0.717) is 0 Å². The van der Waals surface area contributed by atoms with Gasteiger partial charge in [0.2, 0.25) is 5.60 Å². The molecule has 0 aliphatic rings. The van der Waals surface area contributed by atoms with E-state index < -0.39 is 48.4 Å². The van der Waals surface area contributed by atoms with E-state index in [0.717, 1.165) is 6.92 Å². The van der Waals surface area contributed by atoms with E-state index in [4.69, 9.17) is 20.4 Å². The number of rotatable bonds is 7. The second kappa shape index (κ2) is 11.0. The smallest absolute Gasteiger partial charge is 1.00 e. The van der Waals surface area contributed by atoms with Gasteiger partial charge in [-0.2, -0.15) is 0 Å². The third-order valence-electron chi connectivity index (χ3n) is 1.90. The Morgan fingerprint density at radius 2 is 1.40 bits per heavy atom. The van der Waals surface area contributed by atoms with E-state index in [-0.39, 0.29) is 81.2 Å². The minimum absolute atomic E-state index is 0. The quantitative estimate of drug-likeness (QED) is 0.313. The minimum Gasteiger partial charge on any atom is -1.00 e. The van der Waals surface area contributed by atoms with Crippen molar-refractivity contribution in [3.63, 3.8) is 0 Å². The first-order valence-corrected chi connectivity index (χ1v) is 4.68. The normalized spacial score (nSPS) is 11.3. The van der Waals surface area contributed by atoms with Crippen LogP contribution >= 0.6 is 0 Å². The number of ether oxygens (including phenoxy) is 1. The van der Waals surface area contributed by atoms with Gasteiger partial charge in [-0.3, -0.25) is 9.59 Å². The number of carbonyl (C=O) groups excluding carboxylic acids is 1. The number of carboxylic acids is 3. The molecule has 0 amide bonds. The van der Waals surface area contributed by atoms with Gasteiger partial charge in [0.15, 0.2) is 0 Å². The molecule has 0 aliphatic carbocycles. The largest absolute Gasteiger partial charge is 2.00 e. The van der Waals surface area contributed by atoms with E-state index in [2.05, 4.69) is 4.74 Å². The van der Waals surface area contributed by atoms with Gasteiger partial charge >= 0.3 is 99.4 Å². The Bertz CT molecular complexity index is 379. The van der Waals surface area contributed by atoms with Gasteiger partial charge < -0.3 is 30.9 Å². The van der Waals surface area contributed by atoms with Crippen LogP contribution in [0.3, 0.4) is 0 Å². The predicted octanol–water partition coefficient (Wildman–Crippen LogP) is -1.63. The van der Waals surface area contributed by atoms with E-state index in [1.54, 1.807) is 0 Å². The summed E-state index contributed by atoms with van der Waals surface area (Å²) in [6.45, 7) is 0.969. The van der Waals surface area contributed by atoms with Crippen LogP contribution in [0.2, 0.25) is 0 Å². The molecule has 9 nitrogen and oxygen atoms in total. The minimum atomic E-state index is -2.74. The molecule has 0 fully saturated rings. The van der Waals surface area contributed by atoms with Crippen LogP contribution in [0.5, 0.6) is 0 Å². The number of hydrogen-bond donors (Lipinski definition) is 4. The Morgan fingerprint density at radius 1 is 1.05 bits per heavy atom. The molecule has 0 radical (unpaired) electrons. The van der Waals surface area contributed by atoms with Crippen LogP contribution in [0.15, 0.2) is 0 Å². The van der Waals surface area contributed by atoms with Crippen molar-refractivity contribution in [2.45, 2.75) is 31.5 Å². The van der Waals surface area contributed by atoms with Crippen LogP contribution in [0.1, 0.15) is 25.5 Å². The van der Waals surface area contributed by atoms with E-state index in [1.165, 1.54) is 0 Å². The molecule has 20 heavy (non-hydrogen) atoms. The molecule has 0 bridgehead atoms. The predicted molar refractivity (Wildman–Crippen MR) is 68.6 cm³/mol. The number of esters is 1. The molecule has 0 rings (SSSR count). The average molecular weight is 348 g/mol. The fourth-order valence-electron chi connectivity index (χ4n) is 1.10. The Morgan fingerprint density at radius 3 is 1.60 bits per heavy atom. The molecule has 0 saturated carbocycles. The van der Waals surface area contributed by atoms with Crippen LogP contribution in [0, 0.1) is 0 Å². The number of aliphatic hydroxyl groups excluding tert-OH is 1. The van der Waals surface area contributed by atoms with Gasteiger partial charge in [-0.1, -0.05) is 0 Å². The van der Waals surface area contributed by atoms with Gasteiger partial charge in [0.05, 0.1) is 12.8 Å². The number of hydrogen-bond acceptors (Lipinski definition) is 6. The van der Waals surface area contributed by atoms with Crippen LogP contribution in [0.4, 0.5) is 0 Å². The van der Waals surface area contributed by atoms with E-state index in [1.807, 2.05) is 0 Å². The topological polar surface area (TPSA) is 158 Å². The van der Waals surface area contributed by atoms with Gasteiger partial charge in [-0.25, -0.2) is 9.59 Å². The first-order valence-electron chi connectivity index (χ1n) is 4.68.